The van der Waals surface area contributed by atoms with Gasteiger partial charge in [0.2, 0.25) is 6.79 Å². The average Bonchev–Trinajstić information content (AvgIpc) is 3.14. The largest absolute Gasteiger partial charge is 0.454 e. The summed E-state index contributed by atoms with van der Waals surface area (Å²) < 4.78 is 10.7. The van der Waals surface area contributed by atoms with Gasteiger partial charge in [-0.2, -0.15) is 0 Å². The minimum absolute atomic E-state index is 0.0776. The van der Waals surface area contributed by atoms with Crippen LogP contribution in [0.4, 0.5) is 0 Å². The van der Waals surface area contributed by atoms with Crippen molar-refractivity contribution in [1.29, 1.82) is 0 Å². The number of amides is 1. The molecule has 4 nitrogen and oxygen atoms in total. The summed E-state index contributed by atoms with van der Waals surface area (Å²) in [6.45, 7) is 3.11. The molecule has 0 unspecified atom stereocenters. The van der Waals surface area contributed by atoms with Crippen molar-refractivity contribution in [2.45, 2.75) is 13.3 Å². The first-order chi connectivity index (χ1) is 10.2. The van der Waals surface area contributed by atoms with Gasteiger partial charge in [-0.05, 0) is 42.3 Å². The van der Waals surface area contributed by atoms with Crippen molar-refractivity contribution in [3.05, 3.63) is 35.2 Å². The van der Waals surface area contributed by atoms with Crippen molar-refractivity contribution < 1.29 is 14.3 Å². The first-order valence-electron chi connectivity index (χ1n) is 6.94. The van der Waals surface area contributed by atoms with Crippen LogP contribution in [0.2, 0.25) is 0 Å². The van der Waals surface area contributed by atoms with Gasteiger partial charge in [-0.15, -0.1) is 11.3 Å². The lowest BCUT2D eigenvalue weighted by Gasteiger charge is -2.14. The second-order valence-corrected chi connectivity index (χ2v) is 6.04. The second kappa shape index (κ2) is 5.77. The van der Waals surface area contributed by atoms with E-state index in [1.165, 1.54) is 11.3 Å². The van der Waals surface area contributed by atoms with Crippen LogP contribution in [0.5, 0.6) is 11.5 Å². The third kappa shape index (κ3) is 2.74. The average molecular weight is 303 g/mol. The number of ether oxygens (including phenoxy) is 2. The van der Waals surface area contributed by atoms with E-state index in [1.54, 1.807) is 4.90 Å². The summed E-state index contributed by atoms with van der Waals surface area (Å²) in [4.78, 5) is 15.8. The van der Waals surface area contributed by atoms with Crippen LogP contribution in [0.1, 0.15) is 23.0 Å². The number of hydrogen-bond acceptors (Lipinski definition) is 4. The van der Waals surface area contributed by atoms with E-state index >= 15 is 0 Å². The maximum absolute atomic E-state index is 12.3. The number of carbonyl (C=O) groups is 1. The van der Waals surface area contributed by atoms with Crippen molar-refractivity contribution in [3.8, 4) is 21.9 Å². The van der Waals surface area contributed by atoms with Crippen molar-refractivity contribution in [2.24, 2.45) is 0 Å². The van der Waals surface area contributed by atoms with Crippen LogP contribution in [-0.4, -0.2) is 31.2 Å². The van der Waals surface area contributed by atoms with E-state index in [9.17, 15) is 4.79 Å². The molecular formula is C16H17NO3S. The van der Waals surface area contributed by atoms with E-state index in [0.717, 1.165) is 39.8 Å². The minimum Gasteiger partial charge on any atom is -0.454 e. The predicted octanol–water partition coefficient (Wildman–Crippen LogP) is 3.63. The van der Waals surface area contributed by atoms with Gasteiger partial charge < -0.3 is 14.4 Å². The molecule has 1 aromatic heterocycles. The van der Waals surface area contributed by atoms with Gasteiger partial charge in [0.1, 0.15) is 0 Å². The molecule has 0 fully saturated rings. The van der Waals surface area contributed by atoms with Gasteiger partial charge in [-0.1, -0.05) is 6.92 Å². The molecule has 1 amide bonds. The molecule has 0 aliphatic carbocycles. The van der Waals surface area contributed by atoms with Crippen molar-refractivity contribution in [3.63, 3.8) is 0 Å². The third-order valence-electron chi connectivity index (χ3n) is 3.38. The molecule has 0 spiro atoms. The standard InChI is InChI=1S/C16H17NO3S/c1-3-8-17(2)16(18)15-7-6-14(21-15)11-4-5-12-13(9-11)20-10-19-12/h4-7,9H,3,8,10H2,1-2H3. The number of benzene rings is 1. The highest BCUT2D eigenvalue weighted by Crippen LogP contribution is 2.38. The Morgan fingerprint density at radius 3 is 2.86 bits per heavy atom. The number of thiophene rings is 1. The molecule has 2 aromatic rings. The van der Waals surface area contributed by atoms with Gasteiger partial charge in [0.25, 0.3) is 5.91 Å². The SMILES string of the molecule is CCCN(C)C(=O)c1ccc(-c2ccc3c(c2)OCO3)s1. The molecule has 0 saturated heterocycles. The van der Waals surface area contributed by atoms with E-state index in [1.807, 2.05) is 37.4 Å². The van der Waals surface area contributed by atoms with Crippen molar-refractivity contribution >= 4 is 17.2 Å². The van der Waals surface area contributed by atoms with Crippen molar-refractivity contribution in [1.82, 2.24) is 4.90 Å². The maximum atomic E-state index is 12.3. The third-order valence-corrected chi connectivity index (χ3v) is 4.50. The van der Waals surface area contributed by atoms with Crippen LogP contribution >= 0.6 is 11.3 Å². The molecule has 0 atom stereocenters. The smallest absolute Gasteiger partial charge is 0.263 e. The fourth-order valence-corrected chi connectivity index (χ4v) is 3.28. The normalized spacial score (nSPS) is 12.5. The first kappa shape index (κ1) is 13.9. The van der Waals surface area contributed by atoms with Gasteiger partial charge in [0, 0.05) is 18.5 Å². The molecule has 21 heavy (non-hydrogen) atoms. The van der Waals surface area contributed by atoms with E-state index in [4.69, 9.17) is 9.47 Å². The Labute approximate surface area is 127 Å². The lowest BCUT2D eigenvalue weighted by molar-refractivity contribution is 0.0800. The predicted molar refractivity (Wildman–Crippen MR) is 83.1 cm³/mol. The Kier molecular flexibility index (Phi) is 3.84. The number of nitrogens with zero attached hydrogens (tertiary/aromatic N) is 1. The van der Waals surface area contributed by atoms with Crippen LogP contribution < -0.4 is 9.47 Å². The molecule has 3 rings (SSSR count). The zero-order valence-electron chi connectivity index (χ0n) is 12.1. The van der Waals surface area contributed by atoms with Crippen LogP contribution in [-0.2, 0) is 0 Å². The van der Waals surface area contributed by atoms with Gasteiger partial charge in [-0.25, -0.2) is 0 Å². The van der Waals surface area contributed by atoms with E-state index in [-0.39, 0.29) is 12.7 Å². The summed E-state index contributed by atoms with van der Waals surface area (Å²) in [5.41, 5.74) is 1.04. The second-order valence-electron chi connectivity index (χ2n) is 4.96. The molecule has 0 bridgehead atoms. The highest BCUT2D eigenvalue weighted by atomic mass is 32.1. The highest BCUT2D eigenvalue weighted by Gasteiger charge is 2.17. The summed E-state index contributed by atoms with van der Waals surface area (Å²) in [6, 6.07) is 9.72. The molecule has 0 saturated carbocycles. The highest BCUT2D eigenvalue weighted by molar-refractivity contribution is 7.17. The molecule has 0 radical (unpaired) electrons. The summed E-state index contributed by atoms with van der Waals surface area (Å²) in [5.74, 6) is 1.61. The monoisotopic (exact) mass is 303 g/mol. The Bertz CT molecular complexity index is 665. The summed E-state index contributed by atoms with van der Waals surface area (Å²) in [6.07, 6.45) is 0.961. The lowest BCUT2D eigenvalue weighted by atomic mass is 10.1. The molecular weight excluding hydrogens is 286 g/mol. The van der Waals surface area contributed by atoms with Crippen molar-refractivity contribution in [2.75, 3.05) is 20.4 Å². The summed E-state index contributed by atoms with van der Waals surface area (Å²) in [5, 5.41) is 0. The minimum atomic E-state index is 0.0776. The zero-order chi connectivity index (χ0) is 14.8. The molecule has 110 valence electrons. The fraction of sp³-hybridized carbons (Fsp3) is 0.312. The molecule has 1 aliphatic heterocycles. The molecule has 5 heteroatoms. The lowest BCUT2D eigenvalue weighted by Crippen LogP contribution is -2.26. The van der Waals surface area contributed by atoms with Crippen LogP contribution in [0.3, 0.4) is 0 Å². The fourth-order valence-electron chi connectivity index (χ4n) is 2.28. The van der Waals surface area contributed by atoms with E-state index < -0.39 is 0 Å². The number of carbonyl (C=O) groups excluding carboxylic acids is 1. The Hall–Kier alpha value is -2.01. The summed E-state index contributed by atoms with van der Waals surface area (Å²) >= 11 is 1.51. The number of fused-ring (bicyclic) bond motifs is 1. The molecule has 2 heterocycles. The Morgan fingerprint density at radius 1 is 1.24 bits per heavy atom. The molecule has 0 N–H and O–H groups in total. The number of rotatable bonds is 4. The van der Waals surface area contributed by atoms with Crippen LogP contribution in [0, 0.1) is 0 Å². The van der Waals surface area contributed by atoms with Crippen LogP contribution in [0.25, 0.3) is 10.4 Å². The summed E-state index contributed by atoms with van der Waals surface area (Å²) in [7, 11) is 1.84. The maximum Gasteiger partial charge on any atom is 0.263 e. The van der Waals surface area contributed by atoms with E-state index in [2.05, 4.69) is 6.92 Å². The Morgan fingerprint density at radius 2 is 2.05 bits per heavy atom. The molecule has 1 aliphatic rings. The Balaban J connectivity index is 1.83. The first-order valence-corrected chi connectivity index (χ1v) is 7.76. The topological polar surface area (TPSA) is 38.8 Å². The van der Waals surface area contributed by atoms with Crippen LogP contribution in [0.15, 0.2) is 30.3 Å². The zero-order valence-corrected chi connectivity index (χ0v) is 12.9. The van der Waals surface area contributed by atoms with Gasteiger partial charge >= 0.3 is 0 Å². The molecule has 1 aromatic carbocycles. The van der Waals surface area contributed by atoms with Gasteiger partial charge in [0.05, 0.1) is 4.88 Å². The van der Waals surface area contributed by atoms with Gasteiger partial charge in [0.15, 0.2) is 11.5 Å². The number of hydrogen-bond donors (Lipinski definition) is 0. The quantitative estimate of drug-likeness (QED) is 0.866. The van der Waals surface area contributed by atoms with E-state index in [0.29, 0.717) is 0 Å². The van der Waals surface area contributed by atoms with Gasteiger partial charge in [-0.3, -0.25) is 4.79 Å².